The van der Waals surface area contributed by atoms with E-state index in [1.165, 1.54) is 18.7 Å². The average Bonchev–Trinajstić information content (AvgIpc) is 3.28. The van der Waals surface area contributed by atoms with Gasteiger partial charge in [0.1, 0.15) is 24.0 Å². The van der Waals surface area contributed by atoms with Gasteiger partial charge >= 0.3 is 0 Å². The number of aromatic nitrogens is 4. The number of likely N-dealkylation sites (N-methyl/N-ethyl adjacent to an activating group) is 1. The fourth-order valence-electron chi connectivity index (χ4n) is 4.70. The Morgan fingerprint density at radius 3 is 2.59 bits per heavy atom. The molecule has 0 fully saturated rings. The van der Waals surface area contributed by atoms with Gasteiger partial charge < -0.3 is 14.4 Å². The molecule has 1 aromatic carbocycles. The van der Waals surface area contributed by atoms with Crippen LogP contribution in [0, 0.1) is 5.82 Å². The Kier molecular flexibility index (Phi) is 7.92. The van der Waals surface area contributed by atoms with Gasteiger partial charge in [-0.15, -0.1) is 0 Å². The van der Waals surface area contributed by atoms with E-state index in [0.717, 1.165) is 47.8 Å². The highest BCUT2D eigenvalue weighted by Gasteiger charge is 2.20. The molecule has 0 N–H and O–H groups in total. The van der Waals surface area contributed by atoms with Gasteiger partial charge in [0, 0.05) is 33.2 Å². The molecule has 39 heavy (non-hydrogen) atoms. The molecule has 1 aliphatic rings. The van der Waals surface area contributed by atoms with Crippen LogP contribution in [-0.4, -0.2) is 66.6 Å². The highest BCUT2D eigenvalue weighted by Crippen LogP contribution is 2.35. The number of fused-ring (bicyclic) bond motifs is 1. The van der Waals surface area contributed by atoms with Crippen molar-refractivity contribution in [2.24, 2.45) is 0 Å². The lowest BCUT2D eigenvalue weighted by Crippen LogP contribution is -2.23. The van der Waals surface area contributed by atoms with E-state index in [1.54, 1.807) is 18.3 Å². The van der Waals surface area contributed by atoms with Gasteiger partial charge in [0.15, 0.2) is 0 Å². The van der Waals surface area contributed by atoms with Gasteiger partial charge in [-0.3, -0.25) is 4.98 Å². The Hall–Kier alpha value is -3.40. The maximum atomic E-state index is 15.0. The molecule has 7 nitrogen and oxygen atoms in total. The predicted octanol–water partition coefficient (Wildman–Crippen LogP) is 6.34. The highest BCUT2D eigenvalue weighted by molar-refractivity contribution is 6.76. The van der Waals surface area contributed by atoms with Crippen molar-refractivity contribution in [1.82, 2.24) is 24.6 Å². The van der Waals surface area contributed by atoms with Crippen molar-refractivity contribution in [3.8, 4) is 28.4 Å². The number of methoxy groups -OCH3 is 1. The van der Waals surface area contributed by atoms with Gasteiger partial charge in [-0.2, -0.15) is 5.10 Å². The van der Waals surface area contributed by atoms with Crippen LogP contribution in [0.25, 0.3) is 39.1 Å². The zero-order chi connectivity index (χ0) is 27.6. The van der Waals surface area contributed by atoms with Crippen molar-refractivity contribution in [1.29, 1.82) is 0 Å². The molecule has 204 valence electrons. The first-order chi connectivity index (χ1) is 18.7. The molecule has 0 saturated carbocycles. The summed E-state index contributed by atoms with van der Waals surface area (Å²) in [6.45, 7) is 9.90. The summed E-state index contributed by atoms with van der Waals surface area (Å²) >= 11 is 0. The minimum absolute atomic E-state index is 0.308. The summed E-state index contributed by atoms with van der Waals surface area (Å²) in [4.78, 5) is 11.9. The molecule has 0 amide bonds. The second-order valence-corrected chi connectivity index (χ2v) is 16.9. The zero-order valence-electron chi connectivity index (χ0n) is 23.4. The molecule has 9 heteroatoms. The Labute approximate surface area is 230 Å². The van der Waals surface area contributed by atoms with E-state index in [9.17, 15) is 4.39 Å². The van der Waals surface area contributed by atoms with Crippen LogP contribution in [0.15, 0.2) is 54.7 Å². The molecule has 0 radical (unpaired) electrons. The second kappa shape index (κ2) is 11.4. The van der Waals surface area contributed by atoms with E-state index in [0.29, 0.717) is 36.0 Å². The maximum absolute atomic E-state index is 15.0. The van der Waals surface area contributed by atoms with Crippen molar-refractivity contribution < 1.29 is 13.9 Å². The number of hydrogen-bond acceptors (Lipinski definition) is 6. The van der Waals surface area contributed by atoms with Gasteiger partial charge in [-0.05, 0) is 55.4 Å². The summed E-state index contributed by atoms with van der Waals surface area (Å²) in [5.74, 6) is 0.0407. The standard InChI is InChI=1S/C30H36FN5O2Si/c1-35-14-12-21(13-15-35)24-9-7-10-25(33-24)30-22-18-26(29-23(31)8-6-11-28(29)37-2)32-19-27(22)36(34-30)20-38-16-17-39(3,4)5/h6-12,18-19H,13-17,20H2,1-5H3. The van der Waals surface area contributed by atoms with Crippen LogP contribution in [0.3, 0.4) is 0 Å². The predicted molar refractivity (Wildman–Crippen MR) is 157 cm³/mol. The third-order valence-corrected chi connectivity index (χ3v) is 8.74. The first-order valence-corrected chi connectivity index (χ1v) is 17.1. The lowest BCUT2D eigenvalue weighted by atomic mass is 10.0. The second-order valence-electron chi connectivity index (χ2n) is 11.2. The molecule has 5 rings (SSSR count). The molecular formula is C30H36FN5O2Si. The third kappa shape index (κ3) is 6.11. The van der Waals surface area contributed by atoms with Gasteiger partial charge in [0.05, 0.1) is 41.5 Å². The van der Waals surface area contributed by atoms with Crippen LogP contribution in [0.4, 0.5) is 4.39 Å². The van der Waals surface area contributed by atoms with E-state index in [-0.39, 0.29) is 5.82 Å². The molecule has 0 bridgehead atoms. The topological polar surface area (TPSA) is 65.3 Å². The summed E-state index contributed by atoms with van der Waals surface area (Å²) < 4.78 is 28.3. The highest BCUT2D eigenvalue weighted by atomic mass is 28.3. The van der Waals surface area contributed by atoms with Crippen molar-refractivity contribution in [2.75, 3.05) is 33.9 Å². The third-order valence-electron chi connectivity index (χ3n) is 7.03. The van der Waals surface area contributed by atoms with Crippen LogP contribution in [0.2, 0.25) is 25.7 Å². The Bertz CT molecular complexity index is 1510. The fraction of sp³-hybridized carbons (Fsp3) is 0.367. The Morgan fingerprint density at radius 1 is 1.05 bits per heavy atom. The van der Waals surface area contributed by atoms with Crippen LogP contribution in [0.1, 0.15) is 12.1 Å². The monoisotopic (exact) mass is 545 g/mol. The first-order valence-electron chi connectivity index (χ1n) is 13.4. The van der Waals surface area contributed by atoms with Crippen LogP contribution < -0.4 is 4.74 Å². The zero-order valence-corrected chi connectivity index (χ0v) is 24.4. The molecule has 0 spiro atoms. The van der Waals surface area contributed by atoms with E-state index in [1.807, 2.05) is 22.9 Å². The van der Waals surface area contributed by atoms with Crippen LogP contribution >= 0.6 is 0 Å². The average molecular weight is 546 g/mol. The summed E-state index contributed by atoms with van der Waals surface area (Å²) in [6.07, 6.45) is 4.93. The van der Waals surface area contributed by atoms with Crippen molar-refractivity contribution >= 4 is 24.5 Å². The largest absolute Gasteiger partial charge is 0.496 e. The molecular weight excluding hydrogens is 509 g/mol. The number of nitrogens with zero attached hydrogens (tertiary/aromatic N) is 5. The number of halogens is 1. The van der Waals surface area contributed by atoms with Gasteiger partial charge in [0.25, 0.3) is 0 Å². The summed E-state index contributed by atoms with van der Waals surface area (Å²) in [5, 5.41) is 5.77. The number of ether oxygens (including phenoxy) is 2. The van der Waals surface area contributed by atoms with Gasteiger partial charge in [0.2, 0.25) is 0 Å². The van der Waals surface area contributed by atoms with E-state index in [4.69, 9.17) is 19.6 Å². The normalized spacial score (nSPS) is 14.6. The SMILES string of the molecule is COc1cccc(F)c1-c1cc2c(-c3cccc(C4=CCN(C)CC4)n3)nn(COCC[Si](C)(C)C)c2cn1. The molecule has 0 aliphatic carbocycles. The van der Waals surface area contributed by atoms with Crippen LogP contribution in [0.5, 0.6) is 5.75 Å². The smallest absolute Gasteiger partial charge is 0.140 e. The number of pyridine rings is 2. The van der Waals surface area contributed by atoms with Crippen molar-refractivity contribution in [3.63, 3.8) is 0 Å². The summed E-state index contributed by atoms with van der Waals surface area (Å²) in [5.41, 5.74) is 5.29. The fourth-order valence-corrected chi connectivity index (χ4v) is 5.45. The van der Waals surface area contributed by atoms with Crippen LogP contribution in [-0.2, 0) is 11.5 Å². The number of hydrogen-bond donors (Lipinski definition) is 0. The Morgan fingerprint density at radius 2 is 1.85 bits per heavy atom. The first kappa shape index (κ1) is 27.2. The summed E-state index contributed by atoms with van der Waals surface area (Å²) in [6, 6.07) is 13.8. The van der Waals surface area contributed by atoms with E-state index in [2.05, 4.69) is 48.7 Å². The molecule has 1 aliphatic heterocycles. The molecule has 4 heterocycles. The Balaban J connectivity index is 1.58. The lowest BCUT2D eigenvalue weighted by molar-refractivity contribution is 0.0818. The minimum Gasteiger partial charge on any atom is -0.496 e. The molecule has 0 saturated heterocycles. The molecule has 4 aromatic rings. The quantitative estimate of drug-likeness (QED) is 0.181. The maximum Gasteiger partial charge on any atom is 0.140 e. The number of benzene rings is 1. The molecule has 0 atom stereocenters. The van der Waals surface area contributed by atoms with Crippen molar-refractivity contribution in [3.05, 3.63) is 66.2 Å². The van der Waals surface area contributed by atoms with Crippen molar-refractivity contribution in [2.45, 2.75) is 38.8 Å². The van der Waals surface area contributed by atoms with E-state index >= 15 is 0 Å². The van der Waals surface area contributed by atoms with E-state index < -0.39 is 8.07 Å². The summed E-state index contributed by atoms with van der Waals surface area (Å²) in [7, 11) is 2.44. The lowest BCUT2D eigenvalue weighted by Gasteiger charge is -2.21. The minimum atomic E-state index is -1.22. The number of rotatable bonds is 9. The molecule has 0 unspecified atom stereocenters. The van der Waals surface area contributed by atoms with Gasteiger partial charge in [-0.1, -0.05) is 37.8 Å². The van der Waals surface area contributed by atoms with Gasteiger partial charge in [-0.25, -0.2) is 14.1 Å². The molecule has 3 aromatic heterocycles.